The minimum absolute atomic E-state index is 0.397. The van der Waals surface area contributed by atoms with Crippen molar-refractivity contribution in [2.75, 3.05) is 19.0 Å². The molecule has 0 bridgehead atoms. The third kappa shape index (κ3) is 3.27. The van der Waals surface area contributed by atoms with Gasteiger partial charge in [-0.25, -0.2) is 9.78 Å². The second-order valence-electron chi connectivity index (χ2n) is 3.80. The number of anilines is 1. The summed E-state index contributed by atoms with van der Waals surface area (Å²) >= 11 is 0. The molecule has 0 amide bonds. The molecule has 1 N–H and O–H groups in total. The molecule has 0 spiro atoms. The lowest BCUT2D eigenvalue weighted by Gasteiger charge is -2.08. The lowest BCUT2D eigenvalue weighted by molar-refractivity contribution is 0.0601. The summed E-state index contributed by atoms with van der Waals surface area (Å²) in [6, 6.07) is 3.33. The fraction of sp³-hybridized carbons (Fsp3) is 0.333. The lowest BCUT2D eigenvalue weighted by atomic mass is 10.2. The van der Waals surface area contributed by atoms with Crippen molar-refractivity contribution in [1.82, 2.24) is 15.1 Å². The summed E-state index contributed by atoms with van der Waals surface area (Å²) in [5.74, 6) is 1.20. The fourth-order valence-corrected chi connectivity index (χ4v) is 1.56. The zero-order valence-corrected chi connectivity index (χ0v) is 10.7. The van der Waals surface area contributed by atoms with Gasteiger partial charge in [0.05, 0.1) is 7.11 Å². The van der Waals surface area contributed by atoms with E-state index in [9.17, 15) is 4.79 Å². The van der Waals surface area contributed by atoms with E-state index in [1.165, 1.54) is 7.11 Å². The highest BCUT2D eigenvalue weighted by Crippen LogP contribution is 2.12. The highest BCUT2D eigenvalue weighted by molar-refractivity contribution is 5.94. The molecular weight excluding hydrogens is 248 g/mol. The van der Waals surface area contributed by atoms with Crippen LogP contribution < -0.4 is 5.32 Å². The van der Waals surface area contributed by atoms with Crippen LogP contribution in [0, 0.1) is 6.92 Å². The summed E-state index contributed by atoms with van der Waals surface area (Å²) in [4.78, 5) is 19.7. The predicted molar refractivity (Wildman–Crippen MR) is 66.8 cm³/mol. The van der Waals surface area contributed by atoms with Crippen molar-refractivity contribution in [3.05, 3.63) is 35.6 Å². The van der Waals surface area contributed by atoms with Crippen LogP contribution in [0.25, 0.3) is 0 Å². The first-order valence-electron chi connectivity index (χ1n) is 5.77. The van der Waals surface area contributed by atoms with Crippen molar-refractivity contribution in [2.45, 2.75) is 13.3 Å². The Hall–Kier alpha value is -2.44. The fourth-order valence-electron chi connectivity index (χ4n) is 1.56. The van der Waals surface area contributed by atoms with Gasteiger partial charge < -0.3 is 14.6 Å². The molecule has 0 saturated carbocycles. The van der Waals surface area contributed by atoms with Gasteiger partial charge in [-0.2, -0.15) is 4.98 Å². The van der Waals surface area contributed by atoms with Crippen molar-refractivity contribution in [2.24, 2.45) is 0 Å². The molecule has 0 saturated heterocycles. The van der Waals surface area contributed by atoms with Crippen LogP contribution in [0.1, 0.15) is 22.1 Å². The lowest BCUT2D eigenvalue weighted by Crippen LogP contribution is -2.12. The highest BCUT2D eigenvalue weighted by atomic mass is 16.5. The summed E-state index contributed by atoms with van der Waals surface area (Å²) in [5, 5.41) is 6.84. The van der Waals surface area contributed by atoms with Gasteiger partial charge in [-0.15, -0.1) is 0 Å². The van der Waals surface area contributed by atoms with E-state index >= 15 is 0 Å². The van der Waals surface area contributed by atoms with Gasteiger partial charge in [-0.05, 0) is 12.1 Å². The number of hydrogen-bond acceptors (Lipinski definition) is 7. The average molecular weight is 262 g/mol. The van der Waals surface area contributed by atoms with E-state index in [-0.39, 0.29) is 0 Å². The molecule has 2 heterocycles. The summed E-state index contributed by atoms with van der Waals surface area (Å²) in [6.45, 7) is 2.28. The van der Waals surface area contributed by atoms with Gasteiger partial charge in [0.15, 0.2) is 5.82 Å². The first-order chi connectivity index (χ1) is 9.20. The second kappa shape index (κ2) is 5.94. The number of aromatic nitrogens is 3. The first kappa shape index (κ1) is 13.0. The van der Waals surface area contributed by atoms with Gasteiger partial charge in [-0.1, -0.05) is 5.16 Å². The number of aryl methyl sites for hydroxylation is 1. The standard InChI is InChI=1S/C12H14N4O3/c1-8-15-10(16-19-8)5-7-14-11-9(12(17)18-2)4-3-6-13-11/h3-4,6H,5,7H2,1-2H3,(H,13,14). The van der Waals surface area contributed by atoms with Gasteiger partial charge in [0.1, 0.15) is 11.4 Å². The van der Waals surface area contributed by atoms with Gasteiger partial charge in [0, 0.05) is 26.1 Å². The van der Waals surface area contributed by atoms with Crippen molar-refractivity contribution < 1.29 is 14.1 Å². The largest absolute Gasteiger partial charge is 0.465 e. The summed E-state index contributed by atoms with van der Waals surface area (Å²) in [5.41, 5.74) is 0.397. The number of carbonyl (C=O) groups excluding carboxylic acids is 1. The van der Waals surface area contributed by atoms with E-state index in [0.717, 1.165) is 0 Å². The third-order valence-electron chi connectivity index (χ3n) is 2.42. The van der Waals surface area contributed by atoms with Crippen molar-refractivity contribution in [3.8, 4) is 0 Å². The molecule has 2 rings (SSSR count). The number of hydrogen-bond donors (Lipinski definition) is 1. The van der Waals surface area contributed by atoms with Crippen LogP contribution in [0.2, 0.25) is 0 Å². The van der Waals surface area contributed by atoms with Crippen molar-refractivity contribution in [3.63, 3.8) is 0 Å². The van der Waals surface area contributed by atoms with E-state index in [1.54, 1.807) is 25.3 Å². The van der Waals surface area contributed by atoms with Crippen LogP contribution in [0.3, 0.4) is 0 Å². The highest BCUT2D eigenvalue weighted by Gasteiger charge is 2.12. The van der Waals surface area contributed by atoms with Crippen LogP contribution in [-0.4, -0.2) is 34.7 Å². The molecule has 0 fully saturated rings. The molecule has 0 radical (unpaired) electrons. The molecule has 2 aromatic rings. The zero-order valence-electron chi connectivity index (χ0n) is 10.7. The van der Waals surface area contributed by atoms with E-state index in [4.69, 9.17) is 4.52 Å². The molecule has 100 valence electrons. The SMILES string of the molecule is COC(=O)c1cccnc1NCCc1noc(C)n1. The molecule has 7 heteroatoms. The molecule has 2 aromatic heterocycles. The smallest absolute Gasteiger partial charge is 0.341 e. The summed E-state index contributed by atoms with van der Waals surface area (Å²) < 4.78 is 9.55. The van der Waals surface area contributed by atoms with Crippen LogP contribution in [0.5, 0.6) is 0 Å². The Morgan fingerprint density at radius 1 is 1.53 bits per heavy atom. The molecule has 7 nitrogen and oxygen atoms in total. The number of nitrogens with zero attached hydrogens (tertiary/aromatic N) is 3. The van der Waals surface area contributed by atoms with E-state index < -0.39 is 5.97 Å². The number of pyridine rings is 1. The molecular formula is C12H14N4O3. The number of rotatable bonds is 5. The van der Waals surface area contributed by atoms with Gasteiger partial charge in [0.2, 0.25) is 5.89 Å². The Morgan fingerprint density at radius 3 is 3.05 bits per heavy atom. The number of esters is 1. The molecule has 0 aromatic carbocycles. The van der Waals surface area contributed by atoms with E-state index in [2.05, 4.69) is 25.2 Å². The Bertz CT molecular complexity index is 568. The predicted octanol–water partition coefficient (Wildman–Crippen LogP) is 1.21. The van der Waals surface area contributed by atoms with Crippen molar-refractivity contribution in [1.29, 1.82) is 0 Å². The quantitative estimate of drug-likeness (QED) is 0.810. The first-order valence-corrected chi connectivity index (χ1v) is 5.77. The summed E-state index contributed by atoms with van der Waals surface area (Å²) in [6.07, 6.45) is 2.18. The minimum Gasteiger partial charge on any atom is -0.465 e. The second-order valence-corrected chi connectivity index (χ2v) is 3.80. The topological polar surface area (TPSA) is 90.1 Å². The van der Waals surface area contributed by atoms with Crippen LogP contribution in [-0.2, 0) is 11.2 Å². The minimum atomic E-state index is -0.425. The molecule has 0 atom stereocenters. The molecule has 0 unspecified atom stereocenters. The number of carbonyl (C=O) groups is 1. The Labute approximate surface area is 110 Å². The van der Waals surface area contributed by atoms with E-state index in [1.807, 2.05) is 0 Å². The maximum Gasteiger partial charge on any atom is 0.341 e. The maximum atomic E-state index is 11.5. The molecule has 0 aliphatic heterocycles. The number of ether oxygens (including phenoxy) is 1. The third-order valence-corrected chi connectivity index (χ3v) is 2.42. The number of nitrogens with one attached hydrogen (secondary N) is 1. The van der Waals surface area contributed by atoms with E-state index in [0.29, 0.717) is 36.1 Å². The zero-order chi connectivity index (χ0) is 13.7. The van der Waals surface area contributed by atoms with Crippen LogP contribution in [0.15, 0.2) is 22.9 Å². The maximum absolute atomic E-state index is 11.5. The normalized spacial score (nSPS) is 10.2. The Balaban J connectivity index is 1.97. The average Bonchev–Trinajstić information content (AvgIpc) is 2.84. The molecule has 0 aliphatic rings. The number of methoxy groups -OCH3 is 1. The molecule has 19 heavy (non-hydrogen) atoms. The van der Waals surface area contributed by atoms with Gasteiger partial charge in [-0.3, -0.25) is 0 Å². The Morgan fingerprint density at radius 2 is 2.37 bits per heavy atom. The van der Waals surface area contributed by atoms with Crippen LogP contribution >= 0.6 is 0 Å². The Kier molecular flexibility index (Phi) is 4.07. The van der Waals surface area contributed by atoms with Gasteiger partial charge >= 0.3 is 5.97 Å². The van der Waals surface area contributed by atoms with Crippen LogP contribution in [0.4, 0.5) is 5.82 Å². The summed E-state index contributed by atoms with van der Waals surface area (Å²) in [7, 11) is 1.33. The monoisotopic (exact) mass is 262 g/mol. The molecule has 0 aliphatic carbocycles. The van der Waals surface area contributed by atoms with Crippen molar-refractivity contribution >= 4 is 11.8 Å². The van der Waals surface area contributed by atoms with Gasteiger partial charge in [0.25, 0.3) is 0 Å².